The molecule has 1 aromatic heterocycles. The second kappa shape index (κ2) is 8.03. The largest absolute Gasteiger partial charge is 0.497 e. The molecule has 3 saturated heterocycles. The van der Waals surface area contributed by atoms with Gasteiger partial charge >= 0.3 is 0 Å². The summed E-state index contributed by atoms with van der Waals surface area (Å²) in [6.07, 6.45) is 4.97. The lowest BCUT2D eigenvalue weighted by atomic mass is 9.74. The minimum absolute atomic E-state index is 0.101. The Morgan fingerprint density at radius 2 is 1.90 bits per heavy atom. The van der Waals surface area contributed by atoms with Gasteiger partial charge in [0.25, 0.3) is 5.91 Å². The van der Waals surface area contributed by atoms with Crippen LogP contribution in [0.25, 0.3) is 0 Å². The van der Waals surface area contributed by atoms with Gasteiger partial charge in [0, 0.05) is 37.4 Å². The third-order valence-electron chi connectivity index (χ3n) is 7.28. The van der Waals surface area contributed by atoms with E-state index in [-0.39, 0.29) is 5.91 Å². The Morgan fingerprint density at radius 3 is 2.67 bits per heavy atom. The molecule has 1 aromatic carbocycles. The van der Waals surface area contributed by atoms with E-state index in [0.29, 0.717) is 29.6 Å². The van der Waals surface area contributed by atoms with Crippen LogP contribution in [0.5, 0.6) is 5.75 Å². The van der Waals surface area contributed by atoms with Crippen LogP contribution in [-0.4, -0.2) is 53.5 Å². The van der Waals surface area contributed by atoms with Gasteiger partial charge in [0.1, 0.15) is 11.4 Å². The number of pyridine rings is 1. The van der Waals surface area contributed by atoms with E-state index >= 15 is 0 Å². The maximum absolute atomic E-state index is 13.1. The van der Waals surface area contributed by atoms with Gasteiger partial charge in [0.05, 0.1) is 7.11 Å². The number of hydrogen-bond donors (Lipinski definition) is 0. The molecule has 0 unspecified atom stereocenters. The van der Waals surface area contributed by atoms with Gasteiger partial charge in [-0.15, -0.1) is 0 Å². The molecule has 30 heavy (non-hydrogen) atoms. The Labute approximate surface area is 179 Å². The Kier molecular flexibility index (Phi) is 5.23. The number of rotatable bonds is 3. The van der Waals surface area contributed by atoms with E-state index in [0.717, 1.165) is 31.1 Å². The van der Waals surface area contributed by atoms with E-state index in [1.54, 1.807) is 7.11 Å². The predicted molar refractivity (Wildman–Crippen MR) is 117 cm³/mol. The number of aryl methyl sites for hydroxylation is 1. The molecule has 3 aliphatic rings. The summed E-state index contributed by atoms with van der Waals surface area (Å²) in [4.78, 5) is 22.4. The molecule has 5 rings (SSSR count). The Balaban J connectivity index is 1.34. The van der Waals surface area contributed by atoms with Gasteiger partial charge in [0.2, 0.25) is 0 Å². The summed E-state index contributed by atoms with van der Waals surface area (Å²) in [6, 6.07) is 15.4. The number of methoxy groups -OCH3 is 1. The molecule has 0 saturated carbocycles. The number of carbonyl (C=O) groups is 1. The molecular weight excluding hydrogens is 374 g/mol. The molecule has 4 atom stereocenters. The van der Waals surface area contributed by atoms with E-state index < -0.39 is 0 Å². The van der Waals surface area contributed by atoms with Gasteiger partial charge in [0.15, 0.2) is 0 Å². The van der Waals surface area contributed by atoms with Crippen molar-refractivity contribution in [1.82, 2.24) is 14.8 Å². The fourth-order valence-corrected chi connectivity index (χ4v) is 5.98. The summed E-state index contributed by atoms with van der Waals surface area (Å²) in [7, 11) is 1.72. The number of ether oxygens (including phenoxy) is 1. The van der Waals surface area contributed by atoms with Crippen LogP contribution >= 0.6 is 0 Å². The predicted octanol–water partition coefficient (Wildman–Crippen LogP) is 4.09. The van der Waals surface area contributed by atoms with Gasteiger partial charge in [-0.2, -0.15) is 0 Å². The van der Waals surface area contributed by atoms with Gasteiger partial charge in [-0.05, 0) is 74.3 Å². The number of hydrogen-bond acceptors (Lipinski definition) is 4. The molecule has 3 fully saturated rings. The first-order chi connectivity index (χ1) is 14.6. The van der Waals surface area contributed by atoms with Crippen molar-refractivity contribution in [3.63, 3.8) is 0 Å². The molecule has 158 valence electrons. The lowest BCUT2D eigenvalue weighted by molar-refractivity contribution is -0.0512. The number of fused-ring (bicyclic) bond motifs is 4. The van der Waals surface area contributed by atoms with Gasteiger partial charge in [-0.1, -0.05) is 18.2 Å². The fourth-order valence-electron chi connectivity index (χ4n) is 5.98. The van der Waals surface area contributed by atoms with Crippen LogP contribution in [0.1, 0.15) is 53.5 Å². The number of likely N-dealkylation sites (tertiary alicyclic amines) is 1. The minimum Gasteiger partial charge on any atom is -0.497 e. The fraction of sp³-hybridized carbons (Fsp3) is 0.520. The molecule has 0 aliphatic carbocycles. The van der Waals surface area contributed by atoms with Crippen molar-refractivity contribution in [2.75, 3.05) is 26.7 Å². The molecule has 0 radical (unpaired) electrons. The van der Waals surface area contributed by atoms with Crippen molar-refractivity contribution in [2.24, 2.45) is 11.8 Å². The Bertz CT molecular complexity index is 913. The highest BCUT2D eigenvalue weighted by molar-refractivity contribution is 5.92. The van der Waals surface area contributed by atoms with Crippen LogP contribution in [0, 0.1) is 18.8 Å². The summed E-state index contributed by atoms with van der Waals surface area (Å²) in [5.74, 6) is 2.13. The molecular formula is C25H31N3O2. The lowest BCUT2D eigenvalue weighted by Gasteiger charge is -2.55. The normalized spacial score (nSPS) is 28.7. The van der Waals surface area contributed by atoms with Gasteiger partial charge < -0.3 is 9.64 Å². The standard InChI is InChI=1S/C25H31N3O2/c1-17-5-3-6-22(26-17)25(29)27-14-18-13-20(16-27)24-8-4-7-23(28(24)15-18)19-9-11-21(30-2)12-10-19/h3,5-6,9-12,18,20,23-24H,4,7-8,13-16H2,1-2H3/t18-,20+,23+,24-/m0/s1. The van der Waals surface area contributed by atoms with E-state index in [9.17, 15) is 4.79 Å². The zero-order chi connectivity index (χ0) is 20.7. The van der Waals surface area contributed by atoms with Crippen LogP contribution in [0.3, 0.4) is 0 Å². The van der Waals surface area contributed by atoms with Crippen molar-refractivity contribution in [1.29, 1.82) is 0 Å². The van der Waals surface area contributed by atoms with Crippen molar-refractivity contribution >= 4 is 5.91 Å². The van der Waals surface area contributed by atoms with Crippen LogP contribution in [-0.2, 0) is 0 Å². The van der Waals surface area contributed by atoms with Crippen molar-refractivity contribution < 1.29 is 9.53 Å². The van der Waals surface area contributed by atoms with E-state index in [1.807, 2.05) is 25.1 Å². The zero-order valence-corrected chi connectivity index (χ0v) is 18.0. The minimum atomic E-state index is 0.101. The molecule has 5 nitrogen and oxygen atoms in total. The lowest BCUT2D eigenvalue weighted by Crippen LogP contribution is -2.60. The quantitative estimate of drug-likeness (QED) is 0.772. The maximum Gasteiger partial charge on any atom is 0.272 e. The molecule has 0 spiro atoms. The number of nitrogens with zero attached hydrogens (tertiary/aromatic N) is 3. The van der Waals surface area contributed by atoms with Crippen molar-refractivity contribution in [3.05, 3.63) is 59.4 Å². The molecule has 1 amide bonds. The highest BCUT2D eigenvalue weighted by Crippen LogP contribution is 2.44. The van der Waals surface area contributed by atoms with E-state index in [1.165, 1.54) is 31.2 Å². The smallest absolute Gasteiger partial charge is 0.272 e. The summed E-state index contributed by atoms with van der Waals surface area (Å²) in [5.41, 5.74) is 2.89. The van der Waals surface area contributed by atoms with Gasteiger partial charge in [-0.3, -0.25) is 9.69 Å². The number of piperidine rings is 3. The second-order valence-electron chi connectivity index (χ2n) is 9.22. The molecule has 5 heteroatoms. The average molecular weight is 406 g/mol. The molecule has 0 N–H and O–H groups in total. The topological polar surface area (TPSA) is 45.7 Å². The van der Waals surface area contributed by atoms with Gasteiger partial charge in [-0.25, -0.2) is 4.98 Å². The third kappa shape index (κ3) is 3.60. The average Bonchev–Trinajstić information content (AvgIpc) is 2.78. The van der Waals surface area contributed by atoms with E-state index in [2.05, 4.69) is 39.0 Å². The number of benzene rings is 1. The monoisotopic (exact) mass is 405 g/mol. The SMILES string of the molecule is COc1ccc([C@H]2CCC[C@H]3[C@@H]4C[C@@H](CN(C(=O)c5cccc(C)n5)C4)CN23)cc1. The second-order valence-corrected chi connectivity index (χ2v) is 9.22. The third-order valence-corrected chi connectivity index (χ3v) is 7.28. The number of aromatic nitrogens is 1. The first-order valence-electron chi connectivity index (χ1n) is 11.2. The van der Waals surface area contributed by atoms with Crippen LogP contribution < -0.4 is 4.74 Å². The van der Waals surface area contributed by atoms with Crippen LogP contribution in [0.4, 0.5) is 0 Å². The summed E-state index contributed by atoms with van der Waals surface area (Å²) >= 11 is 0. The first-order valence-corrected chi connectivity index (χ1v) is 11.2. The molecule has 3 aliphatic heterocycles. The van der Waals surface area contributed by atoms with Crippen LogP contribution in [0.15, 0.2) is 42.5 Å². The van der Waals surface area contributed by atoms with Crippen molar-refractivity contribution in [3.8, 4) is 5.75 Å². The summed E-state index contributed by atoms with van der Waals surface area (Å²) < 4.78 is 5.35. The van der Waals surface area contributed by atoms with E-state index in [4.69, 9.17) is 4.74 Å². The summed E-state index contributed by atoms with van der Waals surface area (Å²) in [5, 5.41) is 0. The zero-order valence-electron chi connectivity index (χ0n) is 18.0. The summed E-state index contributed by atoms with van der Waals surface area (Å²) in [6.45, 7) is 4.74. The highest BCUT2D eigenvalue weighted by Gasteiger charge is 2.45. The first kappa shape index (κ1) is 19.6. The highest BCUT2D eigenvalue weighted by atomic mass is 16.5. The number of carbonyl (C=O) groups excluding carboxylic acids is 1. The molecule has 2 aromatic rings. The molecule has 2 bridgehead atoms. The Morgan fingerprint density at radius 1 is 1.07 bits per heavy atom. The maximum atomic E-state index is 13.1. The Hall–Kier alpha value is -2.40. The van der Waals surface area contributed by atoms with Crippen LogP contribution in [0.2, 0.25) is 0 Å². The van der Waals surface area contributed by atoms with Crippen molar-refractivity contribution in [2.45, 2.75) is 44.7 Å². The molecule has 4 heterocycles. The number of amides is 1.